The Balaban J connectivity index is 1.93. The van der Waals surface area contributed by atoms with E-state index in [1.165, 1.54) is 37.7 Å². The Hall–Kier alpha value is -1.11. The summed E-state index contributed by atoms with van der Waals surface area (Å²) >= 11 is 0. The smallest absolute Gasteiger partial charge is 0.169 e. The van der Waals surface area contributed by atoms with Gasteiger partial charge in [0.2, 0.25) is 0 Å². The van der Waals surface area contributed by atoms with Crippen molar-refractivity contribution in [1.29, 1.82) is 0 Å². The molecule has 0 radical (unpaired) electrons. The van der Waals surface area contributed by atoms with Gasteiger partial charge in [-0.1, -0.05) is 24.6 Å². The lowest BCUT2D eigenvalue weighted by Gasteiger charge is -2.12. The first-order valence-electron chi connectivity index (χ1n) is 5.59. The van der Waals surface area contributed by atoms with Crippen molar-refractivity contribution in [3.05, 3.63) is 35.9 Å². The quantitative estimate of drug-likeness (QED) is 0.676. The van der Waals surface area contributed by atoms with Crippen LogP contribution in [0.2, 0.25) is 0 Å². The second-order valence-electron chi connectivity index (χ2n) is 4.06. The van der Waals surface area contributed by atoms with Gasteiger partial charge in [-0.25, -0.2) is 4.99 Å². The van der Waals surface area contributed by atoms with E-state index in [0.717, 1.165) is 0 Å². The van der Waals surface area contributed by atoms with Gasteiger partial charge in [-0.05, 0) is 25.0 Å². The summed E-state index contributed by atoms with van der Waals surface area (Å²) in [5.74, 6) is 0. The van der Waals surface area contributed by atoms with Crippen molar-refractivity contribution in [2.75, 3.05) is 0 Å². The molecule has 0 atom stereocenters. The summed E-state index contributed by atoms with van der Waals surface area (Å²) in [6.07, 6.45) is 9.02. The van der Waals surface area contributed by atoms with Crippen molar-refractivity contribution in [2.24, 2.45) is 0 Å². The molecular weight excluding hydrogens is 170 g/mol. The van der Waals surface area contributed by atoms with Crippen LogP contribution in [0, 0.1) is 0 Å². The fourth-order valence-electron chi connectivity index (χ4n) is 2.03. The van der Waals surface area contributed by atoms with Crippen LogP contribution in [0.1, 0.15) is 37.7 Å². The average molecular weight is 188 g/mol. The molecule has 1 nitrogen and oxygen atoms in total. The molecule has 0 unspecified atom stereocenters. The molecule has 1 heteroatoms. The molecule has 2 rings (SSSR count). The zero-order valence-electron chi connectivity index (χ0n) is 8.58. The molecule has 74 valence electrons. The molecule has 1 aromatic carbocycles. The van der Waals surface area contributed by atoms with E-state index in [1.54, 1.807) is 0 Å². The summed E-state index contributed by atoms with van der Waals surface area (Å²) in [6.45, 7) is 0. The van der Waals surface area contributed by atoms with Gasteiger partial charge >= 0.3 is 0 Å². The topological polar surface area (TPSA) is 14.0 Å². The molecule has 1 aromatic rings. The summed E-state index contributed by atoms with van der Waals surface area (Å²) in [5.41, 5.74) is 1.28. The molecule has 1 aliphatic rings. The molecule has 0 bridgehead atoms. The van der Waals surface area contributed by atoms with Crippen molar-refractivity contribution in [3.8, 4) is 0 Å². The maximum atomic E-state index is 3.51. The summed E-state index contributed by atoms with van der Waals surface area (Å²) in [6, 6.07) is 11.2. The lowest BCUT2D eigenvalue weighted by molar-refractivity contribution is -0.502. The number of hydrogen-bond donors (Lipinski definition) is 1. The SMILES string of the molecule is C(=[NH+]C1CCCCC1)c1ccccc1. The Bertz CT molecular complexity index is 283. The van der Waals surface area contributed by atoms with E-state index in [9.17, 15) is 0 Å². The molecular formula is C13H18N+. The van der Waals surface area contributed by atoms with Gasteiger partial charge in [0.25, 0.3) is 0 Å². The van der Waals surface area contributed by atoms with Crippen LogP contribution in [0.25, 0.3) is 0 Å². The predicted octanol–water partition coefficient (Wildman–Crippen LogP) is 1.52. The van der Waals surface area contributed by atoms with E-state index in [4.69, 9.17) is 0 Å². The molecule has 1 fully saturated rings. The standard InChI is InChI=1S/C13H17N/c1-3-7-12(8-4-1)11-14-13-9-5-2-6-10-13/h1,3-4,7-8,11,13H,2,5-6,9-10H2/p+1. The molecule has 0 spiro atoms. The highest BCUT2D eigenvalue weighted by atomic mass is 14.8. The minimum Gasteiger partial charge on any atom is -0.245 e. The van der Waals surface area contributed by atoms with Crippen molar-refractivity contribution >= 4 is 6.21 Å². The van der Waals surface area contributed by atoms with E-state index in [0.29, 0.717) is 6.04 Å². The molecule has 0 amide bonds. The van der Waals surface area contributed by atoms with Gasteiger partial charge in [0.15, 0.2) is 12.3 Å². The summed E-state index contributed by atoms with van der Waals surface area (Å²) < 4.78 is 0. The van der Waals surface area contributed by atoms with Crippen molar-refractivity contribution in [1.82, 2.24) is 0 Å². The van der Waals surface area contributed by atoms with Crippen molar-refractivity contribution < 1.29 is 4.99 Å². The molecule has 0 saturated heterocycles. The lowest BCUT2D eigenvalue weighted by Crippen LogP contribution is -2.76. The molecule has 1 N–H and O–H groups in total. The summed E-state index contributed by atoms with van der Waals surface area (Å²) in [4.78, 5) is 3.51. The summed E-state index contributed by atoms with van der Waals surface area (Å²) in [7, 11) is 0. The highest BCUT2D eigenvalue weighted by molar-refractivity contribution is 5.74. The van der Waals surface area contributed by atoms with E-state index in [1.807, 2.05) is 0 Å². The first-order chi connectivity index (χ1) is 6.95. The zero-order chi connectivity index (χ0) is 9.64. The monoisotopic (exact) mass is 188 g/mol. The van der Waals surface area contributed by atoms with Crippen molar-refractivity contribution in [3.63, 3.8) is 0 Å². The van der Waals surface area contributed by atoms with Crippen LogP contribution in [0.5, 0.6) is 0 Å². The third kappa shape index (κ3) is 2.69. The Morgan fingerprint density at radius 3 is 2.43 bits per heavy atom. The van der Waals surface area contributed by atoms with Gasteiger partial charge in [0.05, 0.1) is 0 Å². The highest BCUT2D eigenvalue weighted by Crippen LogP contribution is 2.14. The van der Waals surface area contributed by atoms with E-state index < -0.39 is 0 Å². The largest absolute Gasteiger partial charge is 0.245 e. The third-order valence-corrected chi connectivity index (χ3v) is 2.89. The van der Waals surface area contributed by atoms with Gasteiger partial charge in [0, 0.05) is 18.4 Å². The van der Waals surface area contributed by atoms with Crippen molar-refractivity contribution in [2.45, 2.75) is 38.1 Å². The van der Waals surface area contributed by atoms with Gasteiger partial charge in [-0.3, -0.25) is 0 Å². The van der Waals surface area contributed by atoms with Crippen LogP contribution in [-0.2, 0) is 0 Å². The Morgan fingerprint density at radius 1 is 1.00 bits per heavy atom. The van der Waals surface area contributed by atoms with Gasteiger partial charge in [0.1, 0.15) is 0 Å². The number of benzene rings is 1. The fourth-order valence-corrected chi connectivity index (χ4v) is 2.03. The van der Waals surface area contributed by atoms with Gasteiger partial charge < -0.3 is 0 Å². The zero-order valence-corrected chi connectivity index (χ0v) is 8.58. The Labute approximate surface area is 85.9 Å². The molecule has 0 heterocycles. The fraction of sp³-hybridized carbons (Fsp3) is 0.462. The third-order valence-electron chi connectivity index (χ3n) is 2.89. The minimum atomic E-state index is 0.712. The van der Waals surface area contributed by atoms with Crippen LogP contribution >= 0.6 is 0 Å². The summed E-state index contributed by atoms with van der Waals surface area (Å²) in [5, 5.41) is 0. The van der Waals surface area contributed by atoms with Gasteiger partial charge in [-0.15, -0.1) is 0 Å². The van der Waals surface area contributed by atoms with Gasteiger partial charge in [-0.2, -0.15) is 0 Å². The number of hydrogen-bond acceptors (Lipinski definition) is 0. The van der Waals surface area contributed by atoms with Crippen LogP contribution in [0.3, 0.4) is 0 Å². The molecule has 0 aromatic heterocycles. The van der Waals surface area contributed by atoms with Crippen LogP contribution in [0.4, 0.5) is 0 Å². The molecule has 14 heavy (non-hydrogen) atoms. The number of nitrogens with one attached hydrogen (secondary N) is 1. The predicted molar refractivity (Wildman–Crippen MR) is 59.4 cm³/mol. The first kappa shape index (κ1) is 9.45. The molecule has 1 saturated carbocycles. The normalized spacial score (nSPS) is 18.9. The number of rotatable bonds is 2. The van der Waals surface area contributed by atoms with E-state index >= 15 is 0 Å². The highest BCUT2D eigenvalue weighted by Gasteiger charge is 2.15. The molecule has 1 aliphatic carbocycles. The Morgan fingerprint density at radius 2 is 1.71 bits per heavy atom. The van der Waals surface area contributed by atoms with Crippen LogP contribution in [0.15, 0.2) is 30.3 Å². The van der Waals surface area contributed by atoms with Crippen LogP contribution in [-0.4, -0.2) is 12.3 Å². The lowest BCUT2D eigenvalue weighted by atomic mass is 9.96. The first-order valence-corrected chi connectivity index (χ1v) is 5.59. The molecule has 0 aliphatic heterocycles. The minimum absolute atomic E-state index is 0.712. The second kappa shape index (κ2) is 4.94. The average Bonchev–Trinajstić information content (AvgIpc) is 2.29. The second-order valence-corrected chi connectivity index (χ2v) is 4.06. The maximum Gasteiger partial charge on any atom is 0.169 e. The maximum absolute atomic E-state index is 3.51. The van der Waals surface area contributed by atoms with E-state index in [2.05, 4.69) is 41.5 Å². The van der Waals surface area contributed by atoms with E-state index in [-0.39, 0.29) is 0 Å². The Kier molecular flexibility index (Phi) is 3.33. The van der Waals surface area contributed by atoms with Crippen LogP contribution < -0.4 is 4.99 Å².